The average Bonchev–Trinajstić information content (AvgIpc) is 3.48. The normalized spacial score (nSPS) is 34.6. The molecule has 0 aromatic heterocycles. The Morgan fingerprint density at radius 1 is 1.10 bits per heavy atom. The van der Waals surface area contributed by atoms with Gasteiger partial charge in [-0.05, 0) is 24.3 Å². The van der Waals surface area contributed by atoms with Crippen molar-refractivity contribution >= 4 is 23.3 Å². The molecule has 2 saturated carbocycles. The maximum absolute atomic E-state index is 13.1. The lowest BCUT2D eigenvalue weighted by atomic mass is 9.85. The van der Waals surface area contributed by atoms with Gasteiger partial charge >= 0.3 is 12.1 Å². The second kappa shape index (κ2) is 8.30. The number of nitro groups is 1. The monoisotopic (exact) mass is 603 g/mol. The molecule has 41 heavy (non-hydrogen) atoms. The van der Waals surface area contributed by atoms with Crippen LogP contribution in [0.2, 0.25) is 5.02 Å². The summed E-state index contributed by atoms with van der Waals surface area (Å²) in [4.78, 5) is 23.5. The third kappa shape index (κ3) is 3.37. The topological polar surface area (TPSA) is 180 Å². The number of carboxylic acid groups (broad SMARTS) is 1. The Morgan fingerprint density at radius 2 is 1.68 bits per heavy atom. The van der Waals surface area contributed by atoms with Gasteiger partial charge in [0.05, 0.1) is 27.2 Å². The van der Waals surface area contributed by atoms with E-state index < -0.39 is 96.2 Å². The third-order valence-corrected chi connectivity index (χ3v) is 9.47. The lowest BCUT2D eigenvalue weighted by Crippen LogP contribution is -2.60. The van der Waals surface area contributed by atoms with E-state index in [9.17, 15) is 53.6 Å². The van der Waals surface area contributed by atoms with Crippen molar-refractivity contribution in [3.63, 3.8) is 0 Å². The number of fused-ring (bicyclic) bond motifs is 1. The number of hydrogen-bond acceptors (Lipinski definition) is 9. The van der Waals surface area contributed by atoms with E-state index in [4.69, 9.17) is 21.1 Å². The van der Waals surface area contributed by atoms with Crippen LogP contribution in [0.1, 0.15) is 49.2 Å². The Labute approximate surface area is 234 Å². The van der Waals surface area contributed by atoms with Crippen molar-refractivity contribution in [1.29, 1.82) is 0 Å². The summed E-state index contributed by atoms with van der Waals surface area (Å²) < 4.78 is 51.1. The summed E-state index contributed by atoms with van der Waals surface area (Å²) in [6.45, 7) is 5.75. The van der Waals surface area contributed by atoms with Crippen LogP contribution in [0, 0.1) is 20.9 Å². The Balaban J connectivity index is 1.74. The predicted octanol–water partition coefficient (Wildman–Crippen LogP) is 3.62. The summed E-state index contributed by atoms with van der Waals surface area (Å²) >= 11 is 5.99. The molecule has 2 unspecified atom stereocenters. The zero-order chi connectivity index (χ0) is 30.9. The highest BCUT2D eigenvalue weighted by Gasteiger charge is 2.97. The molecule has 1 saturated heterocycles. The fourth-order valence-corrected chi connectivity index (χ4v) is 6.86. The van der Waals surface area contributed by atoms with Gasteiger partial charge in [-0.1, -0.05) is 39.3 Å². The molecular formula is C26H25ClF3NO10. The van der Waals surface area contributed by atoms with Crippen LogP contribution in [-0.4, -0.2) is 65.9 Å². The largest absolute Gasteiger partial charge is 0.477 e. The smallest absolute Gasteiger partial charge is 0.416 e. The number of carbonyl (C=O) groups is 1. The lowest BCUT2D eigenvalue weighted by Gasteiger charge is -2.42. The lowest BCUT2D eigenvalue weighted by molar-refractivity contribution is -0.387. The van der Waals surface area contributed by atoms with Gasteiger partial charge in [-0.3, -0.25) is 10.1 Å². The van der Waals surface area contributed by atoms with Gasteiger partial charge in [0, 0.05) is 16.9 Å². The molecule has 2 aromatic rings. The molecule has 6 atom stereocenters. The van der Waals surface area contributed by atoms with Crippen LogP contribution < -0.4 is 4.74 Å². The van der Waals surface area contributed by atoms with Gasteiger partial charge in [0.2, 0.25) is 0 Å². The summed E-state index contributed by atoms with van der Waals surface area (Å²) in [6.07, 6.45) is -9.96. The van der Waals surface area contributed by atoms with E-state index in [1.807, 2.05) is 0 Å². The molecule has 5 rings (SSSR count). The summed E-state index contributed by atoms with van der Waals surface area (Å²) in [6, 6.07) is 3.82. The first-order valence-corrected chi connectivity index (χ1v) is 12.6. The fraction of sp³-hybridized carbons (Fsp3) is 0.500. The van der Waals surface area contributed by atoms with Gasteiger partial charge in [0.15, 0.2) is 0 Å². The summed E-state index contributed by atoms with van der Waals surface area (Å²) in [5, 5.41) is 66.3. The maximum Gasteiger partial charge on any atom is 0.416 e. The standard InChI is InChI=1S/C26H25ClF3NO10/c1-21(2)20(36)23(21)17(32)18(33)24(37)22(3,4)25(24,41-23)13-9-11(8-12(19(34)35)16(13)31(38)39)40-15-6-5-10(7-14(15)27)26(28,29)30/h5-9,17-18,20,32-33,36-37H,1-4H3,(H,34,35)/t17-,18-,20?,23-,24-,25?/m0/s1. The van der Waals surface area contributed by atoms with Crippen molar-refractivity contribution < 1.29 is 57.9 Å². The van der Waals surface area contributed by atoms with Crippen molar-refractivity contribution in [2.45, 2.75) is 69.0 Å². The van der Waals surface area contributed by atoms with Gasteiger partial charge in [0.1, 0.15) is 46.1 Å². The van der Waals surface area contributed by atoms with Crippen molar-refractivity contribution in [2.75, 3.05) is 0 Å². The Bertz CT molecular complexity index is 1510. The predicted molar refractivity (Wildman–Crippen MR) is 133 cm³/mol. The number of ether oxygens (including phenoxy) is 2. The molecule has 2 aliphatic carbocycles. The third-order valence-electron chi connectivity index (χ3n) is 9.17. The number of rotatable bonds is 5. The highest BCUT2D eigenvalue weighted by molar-refractivity contribution is 6.32. The molecule has 3 aliphatic rings. The van der Waals surface area contributed by atoms with E-state index in [0.29, 0.717) is 12.1 Å². The van der Waals surface area contributed by atoms with Gasteiger partial charge < -0.3 is 35.0 Å². The second-order valence-electron chi connectivity index (χ2n) is 11.7. The van der Waals surface area contributed by atoms with Crippen LogP contribution in [-0.2, 0) is 16.5 Å². The number of aromatic carboxylic acids is 1. The number of nitro benzene ring substituents is 1. The van der Waals surface area contributed by atoms with Crippen molar-refractivity contribution in [3.8, 4) is 11.5 Å². The van der Waals surface area contributed by atoms with Gasteiger partial charge in [0.25, 0.3) is 5.69 Å². The summed E-state index contributed by atoms with van der Waals surface area (Å²) in [5.74, 6) is -2.58. The number of benzene rings is 2. The highest BCUT2D eigenvalue weighted by Crippen LogP contribution is 2.82. The van der Waals surface area contributed by atoms with Crippen LogP contribution in [0.25, 0.3) is 0 Å². The average molecular weight is 604 g/mol. The van der Waals surface area contributed by atoms with E-state index in [-0.39, 0.29) is 5.75 Å². The molecule has 3 fully saturated rings. The molecule has 0 radical (unpaired) electrons. The van der Waals surface area contributed by atoms with E-state index in [1.165, 1.54) is 27.7 Å². The first-order chi connectivity index (χ1) is 18.6. The molecule has 2 aromatic carbocycles. The van der Waals surface area contributed by atoms with Crippen LogP contribution in [0.3, 0.4) is 0 Å². The fourth-order valence-electron chi connectivity index (χ4n) is 6.64. The molecule has 1 heterocycles. The van der Waals surface area contributed by atoms with Gasteiger partial charge in [-0.2, -0.15) is 13.2 Å². The molecule has 1 spiro atoms. The quantitative estimate of drug-likeness (QED) is 0.250. The molecular weight excluding hydrogens is 579 g/mol. The Hall–Kier alpha value is -3.01. The maximum atomic E-state index is 13.1. The summed E-state index contributed by atoms with van der Waals surface area (Å²) in [7, 11) is 0. The number of aliphatic hydroxyl groups excluding tert-OH is 3. The van der Waals surface area contributed by atoms with Crippen LogP contribution in [0.15, 0.2) is 30.3 Å². The van der Waals surface area contributed by atoms with E-state index in [0.717, 1.165) is 18.2 Å². The number of alkyl halides is 3. The number of nitrogens with zero attached hydrogens (tertiary/aromatic N) is 1. The molecule has 5 N–H and O–H groups in total. The van der Waals surface area contributed by atoms with Gasteiger partial charge in [-0.25, -0.2) is 4.79 Å². The number of carboxylic acids is 1. The molecule has 222 valence electrons. The van der Waals surface area contributed by atoms with Crippen molar-refractivity contribution in [1.82, 2.24) is 0 Å². The van der Waals surface area contributed by atoms with Crippen molar-refractivity contribution in [3.05, 3.63) is 62.2 Å². The molecule has 1 aliphatic heterocycles. The minimum Gasteiger partial charge on any atom is -0.477 e. The molecule has 15 heteroatoms. The van der Waals surface area contributed by atoms with E-state index >= 15 is 0 Å². The van der Waals surface area contributed by atoms with E-state index in [1.54, 1.807) is 0 Å². The zero-order valence-corrected chi connectivity index (χ0v) is 22.6. The van der Waals surface area contributed by atoms with Crippen LogP contribution >= 0.6 is 11.6 Å². The van der Waals surface area contributed by atoms with Crippen molar-refractivity contribution in [2.24, 2.45) is 10.8 Å². The molecule has 0 amide bonds. The Kier molecular flexibility index (Phi) is 5.97. The Morgan fingerprint density at radius 3 is 2.15 bits per heavy atom. The number of halogens is 4. The minimum atomic E-state index is -4.72. The van der Waals surface area contributed by atoms with Gasteiger partial charge in [-0.15, -0.1) is 0 Å². The van der Waals surface area contributed by atoms with E-state index in [2.05, 4.69) is 0 Å². The first-order valence-electron chi connectivity index (χ1n) is 12.2. The van der Waals surface area contributed by atoms with Crippen LogP contribution in [0.5, 0.6) is 11.5 Å². The van der Waals surface area contributed by atoms with Crippen LogP contribution in [0.4, 0.5) is 18.9 Å². The first kappa shape index (κ1) is 29.5. The molecule has 0 bridgehead atoms. The molecule has 11 nitrogen and oxygen atoms in total. The SMILES string of the molecule is CC1(C)C2(c3cc(Oc4ccc(C(F)(F)F)cc4Cl)cc(C(=O)O)c3[N+](=O)[O-])O[C@]3(C(O)C3(C)C)[C@@H](O)[C@H](O)[C@]12O. The number of hydrogen-bond donors (Lipinski definition) is 5. The number of aliphatic hydroxyl groups is 4. The highest BCUT2D eigenvalue weighted by atomic mass is 35.5. The summed E-state index contributed by atoms with van der Waals surface area (Å²) in [5.41, 5.74) is -13.0. The zero-order valence-electron chi connectivity index (χ0n) is 21.9. The second-order valence-corrected chi connectivity index (χ2v) is 12.1. The minimum absolute atomic E-state index is 0.353.